The van der Waals surface area contributed by atoms with Crippen molar-refractivity contribution in [2.24, 2.45) is 0 Å². The lowest BCUT2D eigenvalue weighted by molar-refractivity contribution is -0.141. The SMILES string of the molecule is O=C(Oc1ccnc(C(F)(F)F)c1)c1ccccc1. The number of nitrogens with zero attached hydrogens (tertiary/aromatic N) is 1. The highest BCUT2D eigenvalue weighted by Crippen LogP contribution is 2.29. The van der Waals surface area contributed by atoms with Crippen molar-refractivity contribution in [2.45, 2.75) is 6.18 Å². The van der Waals surface area contributed by atoms with E-state index in [1.54, 1.807) is 18.2 Å². The number of carbonyl (C=O) groups is 1. The monoisotopic (exact) mass is 267 g/mol. The van der Waals surface area contributed by atoms with E-state index in [4.69, 9.17) is 4.74 Å². The first-order chi connectivity index (χ1) is 8.97. The molecule has 0 N–H and O–H groups in total. The van der Waals surface area contributed by atoms with Gasteiger partial charge >= 0.3 is 12.1 Å². The summed E-state index contributed by atoms with van der Waals surface area (Å²) in [6, 6.07) is 9.86. The second-order valence-corrected chi connectivity index (χ2v) is 3.63. The van der Waals surface area contributed by atoms with Crippen molar-refractivity contribution >= 4 is 5.97 Å². The van der Waals surface area contributed by atoms with Gasteiger partial charge in [-0.25, -0.2) is 4.79 Å². The van der Waals surface area contributed by atoms with Crippen molar-refractivity contribution < 1.29 is 22.7 Å². The fourth-order valence-electron chi connectivity index (χ4n) is 1.37. The van der Waals surface area contributed by atoms with Crippen LogP contribution < -0.4 is 4.74 Å². The van der Waals surface area contributed by atoms with Crippen LogP contribution in [0, 0.1) is 0 Å². The molecule has 0 unspecified atom stereocenters. The molecule has 19 heavy (non-hydrogen) atoms. The molecule has 1 aromatic heterocycles. The molecule has 0 aliphatic carbocycles. The summed E-state index contributed by atoms with van der Waals surface area (Å²) in [6.45, 7) is 0. The summed E-state index contributed by atoms with van der Waals surface area (Å²) >= 11 is 0. The minimum absolute atomic E-state index is 0.198. The van der Waals surface area contributed by atoms with Crippen molar-refractivity contribution in [3.63, 3.8) is 0 Å². The predicted octanol–water partition coefficient (Wildman–Crippen LogP) is 3.32. The molecule has 2 aromatic rings. The van der Waals surface area contributed by atoms with E-state index >= 15 is 0 Å². The van der Waals surface area contributed by atoms with Crippen LogP contribution in [-0.4, -0.2) is 11.0 Å². The van der Waals surface area contributed by atoms with Crippen LogP contribution in [-0.2, 0) is 6.18 Å². The first-order valence-electron chi connectivity index (χ1n) is 5.27. The third kappa shape index (κ3) is 3.31. The highest BCUT2D eigenvalue weighted by Gasteiger charge is 2.32. The van der Waals surface area contributed by atoms with Crippen LogP contribution in [0.4, 0.5) is 13.2 Å². The largest absolute Gasteiger partial charge is 0.433 e. The number of benzene rings is 1. The minimum atomic E-state index is -4.57. The first-order valence-corrected chi connectivity index (χ1v) is 5.27. The molecule has 0 saturated heterocycles. The van der Waals surface area contributed by atoms with Crippen LogP contribution in [0.15, 0.2) is 48.7 Å². The van der Waals surface area contributed by atoms with Gasteiger partial charge in [-0.15, -0.1) is 0 Å². The van der Waals surface area contributed by atoms with Gasteiger partial charge in [-0.3, -0.25) is 4.98 Å². The summed E-state index contributed by atoms with van der Waals surface area (Å²) in [5.74, 6) is -0.920. The Hall–Kier alpha value is -2.37. The molecule has 0 aliphatic rings. The molecule has 0 radical (unpaired) electrons. The first kappa shape index (κ1) is 13.1. The van der Waals surface area contributed by atoms with Crippen molar-refractivity contribution in [1.29, 1.82) is 0 Å². The maximum Gasteiger partial charge on any atom is 0.433 e. The molecule has 2 rings (SSSR count). The van der Waals surface area contributed by atoms with Crippen LogP contribution in [0.2, 0.25) is 0 Å². The number of pyridine rings is 1. The third-order valence-corrected chi connectivity index (χ3v) is 2.24. The Morgan fingerprint density at radius 2 is 1.79 bits per heavy atom. The van der Waals surface area contributed by atoms with Crippen molar-refractivity contribution in [2.75, 3.05) is 0 Å². The van der Waals surface area contributed by atoms with E-state index in [9.17, 15) is 18.0 Å². The number of halogens is 3. The lowest BCUT2D eigenvalue weighted by atomic mass is 10.2. The summed E-state index contributed by atoms with van der Waals surface area (Å²) in [7, 11) is 0. The highest BCUT2D eigenvalue weighted by atomic mass is 19.4. The van der Waals surface area contributed by atoms with E-state index in [0.717, 1.165) is 6.20 Å². The van der Waals surface area contributed by atoms with Gasteiger partial charge in [-0.05, 0) is 18.2 Å². The molecule has 0 bridgehead atoms. The number of hydrogen-bond acceptors (Lipinski definition) is 3. The average Bonchev–Trinajstić information content (AvgIpc) is 2.39. The van der Waals surface area contributed by atoms with Crippen LogP contribution in [0.1, 0.15) is 16.1 Å². The maximum absolute atomic E-state index is 12.4. The highest BCUT2D eigenvalue weighted by molar-refractivity contribution is 5.90. The van der Waals surface area contributed by atoms with Gasteiger partial charge in [0.15, 0.2) is 0 Å². The summed E-state index contributed by atoms with van der Waals surface area (Å²) in [6.07, 6.45) is -3.63. The van der Waals surface area contributed by atoms with Crippen LogP contribution in [0.5, 0.6) is 5.75 Å². The molecule has 0 fully saturated rings. The van der Waals surface area contributed by atoms with E-state index in [2.05, 4.69) is 4.98 Å². The van der Waals surface area contributed by atoms with E-state index in [0.29, 0.717) is 6.07 Å². The summed E-state index contributed by atoms with van der Waals surface area (Å²) in [5.41, 5.74) is -0.848. The number of ether oxygens (including phenoxy) is 1. The topological polar surface area (TPSA) is 39.2 Å². The molecule has 6 heteroatoms. The molecule has 0 saturated carbocycles. The molecule has 98 valence electrons. The zero-order valence-electron chi connectivity index (χ0n) is 9.52. The van der Waals surface area contributed by atoms with Crippen molar-refractivity contribution in [3.05, 3.63) is 59.9 Å². The standard InChI is InChI=1S/C13H8F3NO2/c14-13(15,16)11-8-10(6-7-17-11)19-12(18)9-4-2-1-3-5-9/h1-8H. The molecule has 0 amide bonds. The predicted molar refractivity (Wildman–Crippen MR) is 60.6 cm³/mol. The smallest absolute Gasteiger partial charge is 0.423 e. The Morgan fingerprint density at radius 3 is 2.42 bits per heavy atom. The van der Waals surface area contributed by atoms with Crippen molar-refractivity contribution in [3.8, 4) is 5.75 Å². The second kappa shape index (κ2) is 5.09. The molecule has 3 nitrogen and oxygen atoms in total. The van der Waals surface area contributed by atoms with E-state index in [1.165, 1.54) is 18.2 Å². The number of carbonyl (C=O) groups excluding carboxylic acids is 1. The Morgan fingerprint density at radius 1 is 1.11 bits per heavy atom. The Kier molecular flexibility index (Phi) is 3.50. The summed E-state index contributed by atoms with van der Waals surface area (Å²) in [4.78, 5) is 14.8. The van der Waals surface area contributed by atoms with Crippen LogP contribution in [0.25, 0.3) is 0 Å². The molecule has 0 aliphatic heterocycles. The average molecular weight is 267 g/mol. The van der Waals surface area contributed by atoms with E-state index < -0.39 is 17.8 Å². The number of aromatic nitrogens is 1. The fourth-order valence-corrected chi connectivity index (χ4v) is 1.37. The lowest BCUT2D eigenvalue weighted by Gasteiger charge is -2.08. The van der Waals surface area contributed by atoms with Crippen molar-refractivity contribution in [1.82, 2.24) is 4.98 Å². The Balaban J connectivity index is 2.18. The van der Waals surface area contributed by atoms with Gasteiger partial charge < -0.3 is 4.74 Å². The normalized spacial score (nSPS) is 11.1. The van der Waals surface area contributed by atoms with Gasteiger partial charge in [0.25, 0.3) is 0 Å². The van der Waals surface area contributed by atoms with E-state index in [-0.39, 0.29) is 11.3 Å². The zero-order chi connectivity index (χ0) is 13.9. The van der Waals surface area contributed by atoms with Gasteiger partial charge in [-0.1, -0.05) is 18.2 Å². The van der Waals surface area contributed by atoms with E-state index in [1.807, 2.05) is 0 Å². The Bertz CT molecular complexity index is 582. The summed E-state index contributed by atoms with van der Waals surface area (Å²) < 4.78 is 42.1. The Labute approximate surface area is 106 Å². The zero-order valence-corrected chi connectivity index (χ0v) is 9.52. The maximum atomic E-state index is 12.4. The minimum Gasteiger partial charge on any atom is -0.423 e. The number of alkyl halides is 3. The molecule has 0 atom stereocenters. The fraction of sp³-hybridized carbons (Fsp3) is 0.0769. The number of hydrogen-bond donors (Lipinski definition) is 0. The van der Waals surface area contributed by atoms with Gasteiger partial charge in [0.05, 0.1) is 5.56 Å². The quantitative estimate of drug-likeness (QED) is 0.783. The van der Waals surface area contributed by atoms with Gasteiger partial charge in [0, 0.05) is 12.3 Å². The van der Waals surface area contributed by atoms with Gasteiger partial charge in [0.1, 0.15) is 11.4 Å². The van der Waals surface area contributed by atoms with Crippen LogP contribution >= 0.6 is 0 Å². The number of esters is 1. The summed E-state index contributed by atoms with van der Waals surface area (Å²) in [5, 5.41) is 0. The molecule has 0 spiro atoms. The van der Waals surface area contributed by atoms with Gasteiger partial charge in [0.2, 0.25) is 0 Å². The lowest BCUT2D eigenvalue weighted by Crippen LogP contribution is -2.11. The van der Waals surface area contributed by atoms with Crippen LogP contribution in [0.3, 0.4) is 0 Å². The molecular formula is C13H8F3NO2. The molecular weight excluding hydrogens is 259 g/mol. The molecule has 1 aromatic carbocycles. The third-order valence-electron chi connectivity index (χ3n) is 2.24. The second-order valence-electron chi connectivity index (χ2n) is 3.63. The number of rotatable bonds is 2. The molecule has 1 heterocycles. The van der Waals surface area contributed by atoms with Gasteiger partial charge in [-0.2, -0.15) is 13.2 Å².